The molecule has 0 saturated carbocycles. The number of aromatic nitrogens is 1. The molecule has 5 heteroatoms. The van der Waals surface area contributed by atoms with Crippen molar-refractivity contribution in [2.24, 2.45) is 0 Å². The molecule has 0 amide bonds. The van der Waals surface area contributed by atoms with Crippen LogP contribution in [0.4, 0.5) is 0 Å². The van der Waals surface area contributed by atoms with E-state index in [2.05, 4.69) is 4.98 Å². The minimum absolute atomic E-state index is 0.166. The van der Waals surface area contributed by atoms with Gasteiger partial charge in [0.2, 0.25) is 0 Å². The topological polar surface area (TPSA) is 45.6 Å². The standard InChI is InChI=1S/C11H20N2O2S/c1-9(2)15-8-10(14)6-13(3)7-11-12-4-5-16-11/h4-5,9-10,14H,6-8H2,1-3H3/t10-/m0/s1. The lowest BCUT2D eigenvalue weighted by atomic mass is 10.3. The second kappa shape index (κ2) is 6.96. The normalized spacial score (nSPS) is 13.6. The molecular formula is C11H20N2O2S. The summed E-state index contributed by atoms with van der Waals surface area (Å²) in [5.41, 5.74) is 0. The smallest absolute Gasteiger partial charge is 0.107 e. The van der Waals surface area contributed by atoms with Crippen molar-refractivity contribution in [3.8, 4) is 0 Å². The van der Waals surface area contributed by atoms with Crippen molar-refractivity contribution in [1.82, 2.24) is 9.88 Å². The van der Waals surface area contributed by atoms with Gasteiger partial charge >= 0.3 is 0 Å². The second-order valence-electron chi connectivity index (χ2n) is 4.16. The van der Waals surface area contributed by atoms with E-state index in [1.54, 1.807) is 17.5 Å². The molecule has 0 saturated heterocycles. The lowest BCUT2D eigenvalue weighted by Crippen LogP contribution is -2.32. The Kier molecular flexibility index (Phi) is 5.90. The summed E-state index contributed by atoms with van der Waals surface area (Å²) in [4.78, 5) is 6.25. The maximum Gasteiger partial charge on any atom is 0.107 e. The zero-order chi connectivity index (χ0) is 12.0. The van der Waals surface area contributed by atoms with Crippen molar-refractivity contribution in [3.63, 3.8) is 0 Å². The Morgan fingerprint density at radius 3 is 2.88 bits per heavy atom. The average molecular weight is 244 g/mol. The van der Waals surface area contributed by atoms with Gasteiger partial charge < -0.3 is 9.84 Å². The van der Waals surface area contributed by atoms with Crippen LogP contribution in [0.3, 0.4) is 0 Å². The highest BCUT2D eigenvalue weighted by atomic mass is 32.1. The van der Waals surface area contributed by atoms with Gasteiger partial charge in [-0.25, -0.2) is 4.98 Å². The number of aliphatic hydroxyl groups excluding tert-OH is 1. The number of likely N-dealkylation sites (N-methyl/N-ethyl adjacent to an activating group) is 1. The zero-order valence-electron chi connectivity index (χ0n) is 10.1. The summed E-state index contributed by atoms with van der Waals surface area (Å²) in [7, 11) is 1.97. The number of rotatable bonds is 7. The summed E-state index contributed by atoms with van der Waals surface area (Å²) in [5, 5.41) is 12.7. The quantitative estimate of drug-likeness (QED) is 0.786. The van der Waals surface area contributed by atoms with E-state index >= 15 is 0 Å². The highest BCUT2D eigenvalue weighted by molar-refractivity contribution is 7.09. The maximum atomic E-state index is 9.71. The molecule has 1 heterocycles. The fraction of sp³-hybridized carbons (Fsp3) is 0.727. The minimum Gasteiger partial charge on any atom is -0.389 e. The summed E-state index contributed by atoms with van der Waals surface area (Å²) >= 11 is 1.63. The van der Waals surface area contributed by atoms with Gasteiger partial charge in [-0.1, -0.05) is 0 Å². The van der Waals surface area contributed by atoms with Crippen molar-refractivity contribution in [3.05, 3.63) is 16.6 Å². The van der Waals surface area contributed by atoms with Crippen LogP contribution in [0.15, 0.2) is 11.6 Å². The molecule has 1 atom stereocenters. The molecule has 4 nitrogen and oxygen atoms in total. The molecule has 1 N–H and O–H groups in total. The highest BCUT2D eigenvalue weighted by Crippen LogP contribution is 2.07. The van der Waals surface area contributed by atoms with Crippen LogP contribution >= 0.6 is 11.3 Å². The Morgan fingerprint density at radius 2 is 2.31 bits per heavy atom. The molecule has 1 aromatic rings. The predicted molar refractivity (Wildman–Crippen MR) is 65.5 cm³/mol. The molecule has 0 aromatic carbocycles. The van der Waals surface area contributed by atoms with E-state index in [-0.39, 0.29) is 6.10 Å². The molecule has 92 valence electrons. The molecular weight excluding hydrogens is 224 g/mol. The summed E-state index contributed by atoms with van der Waals surface area (Å²) in [6, 6.07) is 0. The van der Waals surface area contributed by atoms with Crippen molar-refractivity contribution >= 4 is 11.3 Å². The number of ether oxygens (including phenoxy) is 1. The molecule has 0 aliphatic rings. The molecule has 1 aromatic heterocycles. The van der Waals surface area contributed by atoms with Crippen LogP contribution in [0.1, 0.15) is 18.9 Å². The summed E-state index contributed by atoms with van der Waals surface area (Å²) in [6.45, 7) is 5.70. The first kappa shape index (κ1) is 13.6. The number of thiazole rings is 1. The third-order valence-corrected chi connectivity index (χ3v) is 2.80. The van der Waals surface area contributed by atoms with Crippen LogP contribution in [0, 0.1) is 0 Å². The van der Waals surface area contributed by atoms with Crippen LogP contribution in [0.5, 0.6) is 0 Å². The molecule has 16 heavy (non-hydrogen) atoms. The third-order valence-electron chi connectivity index (χ3n) is 2.03. The van der Waals surface area contributed by atoms with Gasteiger partial charge in [-0.15, -0.1) is 11.3 Å². The first-order valence-corrected chi connectivity index (χ1v) is 6.32. The number of aliphatic hydroxyl groups is 1. The van der Waals surface area contributed by atoms with Crippen molar-refractivity contribution in [2.45, 2.75) is 32.6 Å². The number of hydrogen-bond donors (Lipinski definition) is 1. The largest absolute Gasteiger partial charge is 0.389 e. The molecule has 0 bridgehead atoms. The van der Waals surface area contributed by atoms with E-state index in [0.717, 1.165) is 11.6 Å². The molecule has 0 radical (unpaired) electrons. The Bertz CT molecular complexity index is 278. The predicted octanol–water partition coefficient (Wildman–Crippen LogP) is 1.36. The Labute approximate surface area is 101 Å². The molecule has 0 aliphatic carbocycles. The van der Waals surface area contributed by atoms with Crippen LogP contribution < -0.4 is 0 Å². The third kappa shape index (κ3) is 5.55. The summed E-state index contributed by atoms with van der Waals surface area (Å²) in [5.74, 6) is 0. The van der Waals surface area contributed by atoms with Gasteiger partial charge in [-0.2, -0.15) is 0 Å². The van der Waals surface area contributed by atoms with Crippen LogP contribution in [0.2, 0.25) is 0 Å². The van der Waals surface area contributed by atoms with Gasteiger partial charge in [0.05, 0.1) is 25.4 Å². The van der Waals surface area contributed by atoms with E-state index in [1.165, 1.54) is 0 Å². The van der Waals surface area contributed by atoms with Gasteiger partial charge in [0.25, 0.3) is 0 Å². The number of nitrogens with zero attached hydrogens (tertiary/aromatic N) is 2. The lowest BCUT2D eigenvalue weighted by molar-refractivity contribution is -0.00635. The van der Waals surface area contributed by atoms with E-state index < -0.39 is 6.10 Å². The SMILES string of the molecule is CC(C)OC[C@@H](O)CN(C)Cc1nccs1. The Balaban J connectivity index is 2.20. The van der Waals surface area contributed by atoms with Gasteiger partial charge in [0, 0.05) is 18.1 Å². The van der Waals surface area contributed by atoms with Gasteiger partial charge in [-0.3, -0.25) is 4.90 Å². The molecule has 0 spiro atoms. The van der Waals surface area contributed by atoms with Crippen LogP contribution in [-0.4, -0.2) is 47.4 Å². The second-order valence-corrected chi connectivity index (χ2v) is 5.14. The molecule has 1 rings (SSSR count). The summed E-state index contributed by atoms with van der Waals surface area (Å²) < 4.78 is 5.35. The molecule has 0 aliphatic heterocycles. The van der Waals surface area contributed by atoms with Crippen LogP contribution in [-0.2, 0) is 11.3 Å². The van der Waals surface area contributed by atoms with E-state index in [1.807, 2.05) is 31.2 Å². The molecule has 0 fully saturated rings. The van der Waals surface area contributed by atoms with E-state index in [4.69, 9.17) is 4.74 Å². The first-order valence-electron chi connectivity index (χ1n) is 5.44. The maximum absolute atomic E-state index is 9.71. The van der Waals surface area contributed by atoms with Gasteiger partial charge in [-0.05, 0) is 20.9 Å². The number of hydrogen-bond acceptors (Lipinski definition) is 5. The highest BCUT2D eigenvalue weighted by Gasteiger charge is 2.10. The van der Waals surface area contributed by atoms with E-state index in [0.29, 0.717) is 13.2 Å². The molecule has 0 unspecified atom stereocenters. The van der Waals surface area contributed by atoms with Crippen molar-refractivity contribution < 1.29 is 9.84 Å². The summed E-state index contributed by atoms with van der Waals surface area (Å²) in [6.07, 6.45) is 1.53. The van der Waals surface area contributed by atoms with Crippen molar-refractivity contribution in [2.75, 3.05) is 20.2 Å². The monoisotopic (exact) mass is 244 g/mol. The van der Waals surface area contributed by atoms with Crippen molar-refractivity contribution in [1.29, 1.82) is 0 Å². The fourth-order valence-corrected chi connectivity index (χ4v) is 2.04. The average Bonchev–Trinajstić information content (AvgIpc) is 2.67. The van der Waals surface area contributed by atoms with Gasteiger partial charge in [0.15, 0.2) is 0 Å². The Morgan fingerprint density at radius 1 is 1.56 bits per heavy atom. The van der Waals surface area contributed by atoms with E-state index in [9.17, 15) is 5.11 Å². The lowest BCUT2D eigenvalue weighted by Gasteiger charge is -2.20. The zero-order valence-corrected chi connectivity index (χ0v) is 10.9. The minimum atomic E-state index is -0.438. The first-order chi connectivity index (χ1) is 7.58. The van der Waals surface area contributed by atoms with Crippen LogP contribution in [0.25, 0.3) is 0 Å². The fourth-order valence-electron chi connectivity index (χ4n) is 1.34. The van der Waals surface area contributed by atoms with Gasteiger partial charge in [0.1, 0.15) is 5.01 Å². The Hall–Kier alpha value is -0.490.